The molecule has 0 aromatic heterocycles. The number of hydrogen-bond donors (Lipinski definition) is 1. The van der Waals surface area contributed by atoms with Crippen LogP contribution in [-0.4, -0.2) is 35.5 Å². The number of carbonyl (C=O) groups is 1. The first kappa shape index (κ1) is 9.68. The smallest absolute Gasteiger partial charge is 0.309 e. The Bertz CT molecular complexity index is 261. The molecule has 2 rings (SSSR count). The van der Waals surface area contributed by atoms with Gasteiger partial charge in [-0.05, 0) is 6.92 Å². The molecule has 1 N–H and O–H groups in total. The highest BCUT2D eigenvalue weighted by molar-refractivity contribution is 5.70. The molecule has 4 heteroatoms. The molecule has 0 unspecified atom stereocenters. The quantitative estimate of drug-likeness (QED) is 0.347. The average Bonchev–Trinajstić information content (AvgIpc) is 2.78. The van der Waals surface area contributed by atoms with Crippen molar-refractivity contribution in [1.82, 2.24) is 0 Å². The van der Waals surface area contributed by atoms with Crippen LogP contribution >= 0.6 is 0 Å². The lowest BCUT2D eigenvalue weighted by atomic mass is 10.1. The Balaban J connectivity index is 2.02. The molecular weight excluding hydrogens is 184 g/mol. The molecule has 0 aromatic rings. The van der Waals surface area contributed by atoms with E-state index >= 15 is 0 Å². The van der Waals surface area contributed by atoms with Crippen LogP contribution in [0.15, 0.2) is 12.2 Å². The average molecular weight is 198 g/mol. The van der Waals surface area contributed by atoms with Gasteiger partial charge in [-0.1, -0.05) is 12.2 Å². The van der Waals surface area contributed by atoms with Crippen LogP contribution < -0.4 is 0 Å². The predicted octanol–water partition coefficient (Wildman–Crippen LogP) is 0.396. The molecule has 0 aliphatic carbocycles. The summed E-state index contributed by atoms with van der Waals surface area (Å²) in [5.41, 5.74) is 0. The van der Waals surface area contributed by atoms with Gasteiger partial charge in [-0.25, -0.2) is 0 Å². The zero-order valence-electron chi connectivity index (χ0n) is 8.05. The monoisotopic (exact) mass is 198 g/mol. The summed E-state index contributed by atoms with van der Waals surface area (Å²) in [6.07, 6.45) is 3.55. The Kier molecular flexibility index (Phi) is 2.56. The van der Waals surface area contributed by atoms with Crippen LogP contribution in [-0.2, 0) is 14.3 Å². The number of hydrogen-bond acceptors (Lipinski definition) is 4. The molecule has 1 saturated heterocycles. The summed E-state index contributed by atoms with van der Waals surface area (Å²) >= 11 is 0. The molecule has 0 aromatic carbocycles. The van der Waals surface area contributed by atoms with Crippen molar-refractivity contribution in [1.29, 1.82) is 0 Å². The minimum atomic E-state index is -0.752. The molecule has 78 valence electrons. The van der Waals surface area contributed by atoms with Crippen LogP contribution in [0.4, 0.5) is 0 Å². The highest BCUT2D eigenvalue weighted by atomic mass is 16.6. The van der Waals surface area contributed by atoms with E-state index in [4.69, 9.17) is 9.47 Å². The molecule has 4 nitrogen and oxygen atoms in total. The minimum absolute atomic E-state index is 0.0260. The lowest BCUT2D eigenvalue weighted by Crippen LogP contribution is -2.21. The van der Waals surface area contributed by atoms with E-state index in [2.05, 4.69) is 0 Å². The first-order valence-corrected chi connectivity index (χ1v) is 4.86. The molecular formula is C10H14O4. The standard InChI is InChI=1S/C10H14O4/c1-6-4-9-8(14-9)3-2-7(11)5-10(12)13-6/h2-3,6-9,11H,4-5H2,1H3/b3-2-/t6-,7+,8-,9+/m0/s1. The first-order chi connectivity index (χ1) is 6.65. The number of aliphatic hydroxyl groups is 1. The summed E-state index contributed by atoms with van der Waals surface area (Å²) in [6.45, 7) is 1.84. The maximum atomic E-state index is 11.2. The molecule has 0 amide bonds. The van der Waals surface area contributed by atoms with Gasteiger partial charge in [-0.15, -0.1) is 0 Å². The van der Waals surface area contributed by atoms with Crippen molar-refractivity contribution < 1.29 is 19.4 Å². The normalized spacial score (nSPS) is 44.9. The minimum Gasteiger partial charge on any atom is -0.462 e. The molecule has 2 aliphatic rings. The Hall–Kier alpha value is -0.870. The molecule has 0 saturated carbocycles. The predicted molar refractivity (Wildman–Crippen MR) is 48.6 cm³/mol. The lowest BCUT2D eigenvalue weighted by Gasteiger charge is -2.13. The van der Waals surface area contributed by atoms with E-state index in [0.29, 0.717) is 0 Å². The Labute approximate surface area is 82.5 Å². The number of cyclic esters (lactones) is 1. The SMILES string of the molecule is C[C@H]1C[C@H]2O[C@H]2/C=C\[C@@H](O)CC(=O)O1. The van der Waals surface area contributed by atoms with Crippen molar-refractivity contribution in [2.24, 2.45) is 0 Å². The maximum absolute atomic E-state index is 11.2. The fourth-order valence-corrected chi connectivity index (χ4v) is 1.64. The Morgan fingerprint density at radius 1 is 1.50 bits per heavy atom. The summed E-state index contributed by atoms with van der Waals surface area (Å²) in [5.74, 6) is -0.353. The third-order valence-corrected chi connectivity index (χ3v) is 2.42. The Morgan fingerprint density at radius 2 is 2.29 bits per heavy atom. The van der Waals surface area contributed by atoms with Crippen LogP contribution in [0.1, 0.15) is 19.8 Å². The number of rotatable bonds is 0. The van der Waals surface area contributed by atoms with Crippen LogP contribution in [0.3, 0.4) is 0 Å². The van der Waals surface area contributed by atoms with Crippen LogP contribution in [0.25, 0.3) is 0 Å². The number of epoxide rings is 1. The van der Waals surface area contributed by atoms with Gasteiger partial charge in [0.1, 0.15) is 12.2 Å². The summed E-state index contributed by atoms with van der Waals surface area (Å²) in [4.78, 5) is 11.2. The van der Waals surface area contributed by atoms with E-state index in [1.54, 1.807) is 6.08 Å². The summed E-state index contributed by atoms with van der Waals surface area (Å²) in [6, 6.07) is 0. The van der Waals surface area contributed by atoms with Crippen molar-refractivity contribution in [2.45, 2.75) is 44.2 Å². The second kappa shape index (κ2) is 3.71. The van der Waals surface area contributed by atoms with Crippen molar-refractivity contribution in [3.63, 3.8) is 0 Å². The molecule has 2 heterocycles. The lowest BCUT2D eigenvalue weighted by molar-refractivity contribution is -0.150. The van der Waals surface area contributed by atoms with Gasteiger partial charge < -0.3 is 14.6 Å². The van der Waals surface area contributed by atoms with E-state index in [-0.39, 0.29) is 30.7 Å². The molecule has 2 aliphatic heterocycles. The third kappa shape index (κ3) is 2.33. The Morgan fingerprint density at radius 3 is 3.07 bits per heavy atom. The van der Waals surface area contributed by atoms with E-state index < -0.39 is 6.10 Å². The van der Waals surface area contributed by atoms with Gasteiger partial charge in [0.15, 0.2) is 0 Å². The first-order valence-electron chi connectivity index (χ1n) is 4.86. The van der Waals surface area contributed by atoms with E-state index in [0.717, 1.165) is 6.42 Å². The zero-order chi connectivity index (χ0) is 10.1. The van der Waals surface area contributed by atoms with Crippen molar-refractivity contribution in [2.75, 3.05) is 0 Å². The summed E-state index contributed by atoms with van der Waals surface area (Å²) < 4.78 is 10.4. The second-order valence-corrected chi connectivity index (χ2v) is 3.83. The third-order valence-electron chi connectivity index (χ3n) is 2.42. The molecule has 0 radical (unpaired) electrons. The van der Waals surface area contributed by atoms with Crippen LogP contribution in [0.2, 0.25) is 0 Å². The van der Waals surface area contributed by atoms with Crippen molar-refractivity contribution >= 4 is 5.97 Å². The van der Waals surface area contributed by atoms with Crippen molar-refractivity contribution in [3.8, 4) is 0 Å². The number of ether oxygens (including phenoxy) is 2. The molecule has 0 bridgehead atoms. The largest absolute Gasteiger partial charge is 0.462 e. The molecule has 14 heavy (non-hydrogen) atoms. The van der Waals surface area contributed by atoms with Gasteiger partial charge in [-0.2, -0.15) is 0 Å². The van der Waals surface area contributed by atoms with Gasteiger partial charge in [0.05, 0.1) is 18.6 Å². The zero-order valence-corrected chi connectivity index (χ0v) is 8.05. The topological polar surface area (TPSA) is 59.1 Å². The molecule has 1 fully saturated rings. The molecule has 4 atom stereocenters. The summed E-state index contributed by atoms with van der Waals surface area (Å²) in [7, 11) is 0. The fraction of sp³-hybridized carbons (Fsp3) is 0.700. The van der Waals surface area contributed by atoms with Gasteiger partial charge >= 0.3 is 5.97 Å². The van der Waals surface area contributed by atoms with E-state index in [1.165, 1.54) is 0 Å². The highest BCUT2D eigenvalue weighted by Crippen LogP contribution is 2.29. The van der Waals surface area contributed by atoms with Gasteiger partial charge in [0.2, 0.25) is 0 Å². The maximum Gasteiger partial charge on any atom is 0.309 e. The van der Waals surface area contributed by atoms with E-state index in [1.807, 2.05) is 13.0 Å². The van der Waals surface area contributed by atoms with Gasteiger partial charge in [0.25, 0.3) is 0 Å². The van der Waals surface area contributed by atoms with Gasteiger partial charge in [0, 0.05) is 6.42 Å². The number of fused-ring (bicyclic) bond motifs is 1. The fourth-order valence-electron chi connectivity index (χ4n) is 1.64. The van der Waals surface area contributed by atoms with E-state index in [9.17, 15) is 9.90 Å². The molecule has 0 spiro atoms. The number of aliphatic hydroxyl groups excluding tert-OH is 1. The number of esters is 1. The highest BCUT2D eigenvalue weighted by Gasteiger charge is 2.38. The van der Waals surface area contributed by atoms with Crippen LogP contribution in [0.5, 0.6) is 0 Å². The van der Waals surface area contributed by atoms with Crippen molar-refractivity contribution in [3.05, 3.63) is 12.2 Å². The van der Waals surface area contributed by atoms with Gasteiger partial charge in [-0.3, -0.25) is 4.79 Å². The number of carbonyl (C=O) groups excluding carboxylic acids is 1. The summed E-state index contributed by atoms with van der Waals surface area (Å²) in [5, 5.41) is 9.38. The second-order valence-electron chi connectivity index (χ2n) is 3.83. The van der Waals surface area contributed by atoms with Crippen LogP contribution in [0, 0.1) is 0 Å².